The molecule has 0 radical (unpaired) electrons. The molecule has 0 aromatic carbocycles. The van der Waals surface area contributed by atoms with E-state index in [0.29, 0.717) is 12.1 Å². The molecule has 2 atom stereocenters. The first kappa shape index (κ1) is 9.22. The molecule has 0 spiro atoms. The van der Waals surface area contributed by atoms with E-state index in [1.54, 1.807) is 0 Å². The Hall–Kier alpha value is -0.340. The number of hydrogen-bond donors (Lipinski definition) is 2. The van der Waals surface area contributed by atoms with Gasteiger partial charge in [0.15, 0.2) is 0 Å². The Kier molecular flexibility index (Phi) is 2.43. The average molecular weight is 181 g/mol. The minimum atomic E-state index is -0.470. The molecule has 1 saturated carbocycles. The van der Waals surface area contributed by atoms with Crippen LogP contribution in [0.15, 0.2) is 12.2 Å². The zero-order chi connectivity index (χ0) is 9.31. The van der Waals surface area contributed by atoms with E-state index in [1.165, 1.54) is 0 Å². The van der Waals surface area contributed by atoms with Gasteiger partial charge in [-0.1, -0.05) is 12.2 Å². The lowest BCUT2D eigenvalue weighted by molar-refractivity contribution is 0.0357. The molecule has 0 amide bonds. The summed E-state index contributed by atoms with van der Waals surface area (Å²) >= 11 is 0. The van der Waals surface area contributed by atoms with Crippen LogP contribution in [0.2, 0.25) is 0 Å². The molecule has 2 N–H and O–H groups in total. The fraction of sp³-hybridized carbons (Fsp3) is 0.818. The van der Waals surface area contributed by atoms with E-state index in [2.05, 4.69) is 17.5 Å². The molecule has 2 rings (SSSR count). The monoisotopic (exact) mass is 181 g/mol. The van der Waals surface area contributed by atoms with E-state index in [0.717, 1.165) is 32.1 Å². The third-order valence-corrected chi connectivity index (χ3v) is 3.37. The maximum atomic E-state index is 10.0. The van der Waals surface area contributed by atoms with Gasteiger partial charge in [-0.3, -0.25) is 0 Å². The van der Waals surface area contributed by atoms with Gasteiger partial charge in [0.05, 0.1) is 5.60 Å². The molecular formula is C11H19NO. The highest BCUT2D eigenvalue weighted by atomic mass is 16.3. The second-order valence-electron chi connectivity index (χ2n) is 4.61. The van der Waals surface area contributed by atoms with Crippen LogP contribution in [0.25, 0.3) is 0 Å². The van der Waals surface area contributed by atoms with Crippen molar-refractivity contribution < 1.29 is 5.11 Å². The molecule has 2 aliphatic carbocycles. The first-order chi connectivity index (χ1) is 6.18. The second-order valence-corrected chi connectivity index (χ2v) is 4.61. The largest absolute Gasteiger partial charge is 0.389 e. The minimum Gasteiger partial charge on any atom is -0.389 e. The lowest BCUT2D eigenvalue weighted by atomic mass is 9.99. The summed E-state index contributed by atoms with van der Waals surface area (Å²) in [4.78, 5) is 0. The van der Waals surface area contributed by atoms with Crippen molar-refractivity contribution >= 4 is 0 Å². The Morgan fingerprint density at radius 1 is 1.38 bits per heavy atom. The van der Waals surface area contributed by atoms with Gasteiger partial charge in [-0.05, 0) is 39.0 Å². The molecule has 0 saturated heterocycles. The molecule has 0 aromatic rings. The van der Waals surface area contributed by atoms with Crippen LogP contribution in [-0.4, -0.2) is 22.8 Å². The van der Waals surface area contributed by atoms with Gasteiger partial charge in [-0.15, -0.1) is 0 Å². The first-order valence-corrected chi connectivity index (χ1v) is 5.32. The number of rotatable bonds is 2. The van der Waals surface area contributed by atoms with Gasteiger partial charge < -0.3 is 10.4 Å². The van der Waals surface area contributed by atoms with Crippen molar-refractivity contribution in [1.82, 2.24) is 5.32 Å². The lowest BCUT2D eigenvalue weighted by Crippen LogP contribution is -2.48. The quantitative estimate of drug-likeness (QED) is 0.634. The van der Waals surface area contributed by atoms with Gasteiger partial charge in [0.2, 0.25) is 0 Å². The van der Waals surface area contributed by atoms with Crippen molar-refractivity contribution in [2.24, 2.45) is 0 Å². The molecule has 2 heteroatoms. The Morgan fingerprint density at radius 3 is 2.62 bits per heavy atom. The topological polar surface area (TPSA) is 32.3 Å². The summed E-state index contributed by atoms with van der Waals surface area (Å²) in [6, 6.07) is 0.895. The van der Waals surface area contributed by atoms with Crippen molar-refractivity contribution in [2.75, 3.05) is 0 Å². The highest BCUT2D eigenvalue weighted by Gasteiger charge is 2.37. The number of hydrogen-bond acceptors (Lipinski definition) is 2. The van der Waals surface area contributed by atoms with E-state index in [9.17, 15) is 5.11 Å². The van der Waals surface area contributed by atoms with Gasteiger partial charge in [0, 0.05) is 12.1 Å². The van der Waals surface area contributed by atoms with Crippen LogP contribution in [0, 0.1) is 0 Å². The minimum absolute atomic E-state index is 0.317. The molecule has 2 unspecified atom stereocenters. The number of nitrogens with one attached hydrogen (secondary N) is 1. The summed E-state index contributed by atoms with van der Waals surface area (Å²) in [7, 11) is 0. The maximum absolute atomic E-state index is 10.0. The van der Waals surface area contributed by atoms with Crippen LogP contribution < -0.4 is 5.32 Å². The fourth-order valence-corrected chi connectivity index (χ4v) is 2.45. The molecule has 2 nitrogen and oxygen atoms in total. The Bertz CT molecular complexity index is 202. The molecule has 13 heavy (non-hydrogen) atoms. The summed E-state index contributed by atoms with van der Waals surface area (Å²) in [5.74, 6) is 0. The third-order valence-electron chi connectivity index (χ3n) is 3.37. The van der Waals surface area contributed by atoms with Gasteiger partial charge in [-0.2, -0.15) is 0 Å². The zero-order valence-corrected chi connectivity index (χ0v) is 8.29. The van der Waals surface area contributed by atoms with Crippen LogP contribution >= 0.6 is 0 Å². The van der Waals surface area contributed by atoms with E-state index in [4.69, 9.17) is 0 Å². The lowest BCUT2D eigenvalue weighted by Gasteiger charge is -2.29. The van der Waals surface area contributed by atoms with Crippen molar-refractivity contribution in [2.45, 2.75) is 56.7 Å². The highest BCUT2D eigenvalue weighted by molar-refractivity contribution is 5.02. The summed E-state index contributed by atoms with van der Waals surface area (Å²) in [5, 5.41) is 13.6. The average Bonchev–Trinajstić information content (AvgIpc) is 2.63. The zero-order valence-electron chi connectivity index (χ0n) is 8.29. The molecular weight excluding hydrogens is 162 g/mol. The summed E-state index contributed by atoms with van der Waals surface area (Å²) in [5.41, 5.74) is -0.470. The predicted octanol–water partition coefficient (Wildman–Crippen LogP) is 1.60. The molecule has 0 heterocycles. The fourth-order valence-electron chi connectivity index (χ4n) is 2.45. The molecule has 0 aromatic heterocycles. The van der Waals surface area contributed by atoms with Crippen molar-refractivity contribution in [3.05, 3.63) is 12.2 Å². The standard InChI is InChI=1S/C11H19NO/c1-11(13)8-4-7-10(11)12-9-5-2-3-6-9/h2-3,9-10,12-13H,4-8H2,1H3. The third kappa shape index (κ3) is 1.94. The van der Waals surface area contributed by atoms with E-state index < -0.39 is 5.60 Å². The Morgan fingerprint density at radius 2 is 2.08 bits per heavy atom. The molecule has 1 fully saturated rings. The van der Waals surface area contributed by atoms with Crippen LogP contribution in [0.4, 0.5) is 0 Å². The van der Waals surface area contributed by atoms with E-state index in [-0.39, 0.29) is 0 Å². The van der Waals surface area contributed by atoms with Gasteiger partial charge in [0.25, 0.3) is 0 Å². The summed E-state index contributed by atoms with van der Waals surface area (Å²) < 4.78 is 0. The highest BCUT2D eigenvalue weighted by Crippen LogP contribution is 2.30. The number of aliphatic hydroxyl groups is 1. The SMILES string of the molecule is CC1(O)CCCC1NC1CC=CC1. The van der Waals surface area contributed by atoms with Crippen molar-refractivity contribution in [1.29, 1.82) is 0 Å². The maximum Gasteiger partial charge on any atom is 0.0772 e. The van der Waals surface area contributed by atoms with E-state index in [1.807, 2.05) is 6.92 Å². The van der Waals surface area contributed by atoms with E-state index >= 15 is 0 Å². The van der Waals surface area contributed by atoms with Crippen molar-refractivity contribution in [3.63, 3.8) is 0 Å². The second kappa shape index (κ2) is 3.43. The smallest absolute Gasteiger partial charge is 0.0772 e. The molecule has 0 bridgehead atoms. The molecule has 74 valence electrons. The Labute approximate surface area is 80.0 Å². The summed E-state index contributed by atoms with van der Waals surface area (Å²) in [6.07, 6.45) is 9.95. The van der Waals surface area contributed by atoms with Gasteiger partial charge in [-0.25, -0.2) is 0 Å². The van der Waals surface area contributed by atoms with Crippen LogP contribution in [0.3, 0.4) is 0 Å². The normalized spacial score (nSPS) is 40.3. The van der Waals surface area contributed by atoms with Gasteiger partial charge >= 0.3 is 0 Å². The van der Waals surface area contributed by atoms with Crippen molar-refractivity contribution in [3.8, 4) is 0 Å². The molecule has 0 aliphatic heterocycles. The molecule has 2 aliphatic rings. The summed E-state index contributed by atoms with van der Waals surface area (Å²) in [6.45, 7) is 1.96. The van der Waals surface area contributed by atoms with Crippen LogP contribution in [0.1, 0.15) is 39.0 Å². The van der Waals surface area contributed by atoms with Crippen LogP contribution in [-0.2, 0) is 0 Å². The van der Waals surface area contributed by atoms with Gasteiger partial charge in [0.1, 0.15) is 0 Å². The first-order valence-electron chi connectivity index (χ1n) is 5.32. The van der Waals surface area contributed by atoms with Crippen LogP contribution in [0.5, 0.6) is 0 Å². The Balaban J connectivity index is 1.87. The predicted molar refractivity (Wildman–Crippen MR) is 53.6 cm³/mol.